The van der Waals surface area contributed by atoms with E-state index in [2.05, 4.69) is 27.0 Å². The summed E-state index contributed by atoms with van der Waals surface area (Å²) in [5.74, 6) is -1.96. The lowest BCUT2D eigenvalue weighted by molar-refractivity contribution is -0.132. The van der Waals surface area contributed by atoms with E-state index in [0.29, 0.717) is 0 Å². The molecule has 8 nitrogen and oxygen atoms in total. The fourth-order valence-corrected chi connectivity index (χ4v) is 0.541. The highest BCUT2D eigenvalue weighted by atomic mass is 16.5. The number of rotatable bonds is 9. The number of carboxylic acid groups (broad SMARTS) is 2. The van der Waals surface area contributed by atoms with Crippen molar-refractivity contribution < 1.29 is 39.9 Å². The van der Waals surface area contributed by atoms with E-state index in [-0.39, 0.29) is 19.8 Å². The fraction of sp³-hybridized carbons (Fsp3) is 0.647. The Kier molecular flexibility index (Phi) is 30.5. The molecule has 0 radical (unpaired) electrons. The molecule has 0 saturated carbocycles. The molecule has 0 spiro atoms. The molecule has 0 unspecified atom stereocenters. The van der Waals surface area contributed by atoms with E-state index in [1.54, 1.807) is 6.92 Å². The van der Waals surface area contributed by atoms with E-state index in [4.69, 9.17) is 30.3 Å². The van der Waals surface area contributed by atoms with E-state index in [0.717, 1.165) is 38.2 Å². The summed E-state index contributed by atoms with van der Waals surface area (Å²) < 4.78 is 5.13. The standard InChI is InChI=1S/C6H14O.C5H12O3.2C3H4O2/c1-3-5-7-6-4-2;1-5(2-6,3-7)4-8;2*1-2-3(4)5/h3-6H2,1-2H3;6-8H,2-4H2,1H3;2*2H,1H2,(H,4,5). The Balaban J connectivity index is -0.000000120. The van der Waals surface area contributed by atoms with Crippen LogP contribution in [0, 0.1) is 5.41 Å². The Morgan fingerprint density at radius 1 is 0.880 bits per heavy atom. The molecule has 0 aromatic heterocycles. The van der Waals surface area contributed by atoms with Crippen LogP contribution in [0.1, 0.15) is 33.6 Å². The largest absolute Gasteiger partial charge is 0.478 e. The van der Waals surface area contributed by atoms with Gasteiger partial charge in [0.05, 0.1) is 19.8 Å². The SMILES string of the molecule is C=CC(=O)O.C=CC(=O)O.CC(CO)(CO)CO.CCCOCCC. The predicted molar refractivity (Wildman–Crippen MR) is 96.4 cm³/mol. The van der Waals surface area contributed by atoms with Gasteiger partial charge in [0.15, 0.2) is 0 Å². The molecule has 25 heavy (non-hydrogen) atoms. The summed E-state index contributed by atoms with van der Waals surface area (Å²) in [5, 5.41) is 40.6. The predicted octanol–water partition coefficient (Wildman–Crippen LogP) is 1.31. The summed E-state index contributed by atoms with van der Waals surface area (Å²) >= 11 is 0. The van der Waals surface area contributed by atoms with Crippen molar-refractivity contribution in [2.24, 2.45) is 5.41 Å². The number of aliphatic hydroxyl groups is 3. The van der Waals surface area contributed by atoms with Crippen molar-refractivity contribution in [3.05, 3.63) is 25.3 Å². The highest BCUT2D eigenvalue weighted by molar-refractivity contribution is 5.79. The molecule has 0 amide bonds. The number of carboxylic acids is 2. The van der Waals surface area contributed by atoms with Gasteiger partial charge in [-0.15, -0.1) is 0 Å². The number of aliphatic hydroxyl groups excluding tert-OH is 3. The Labute approximate surface area is 150 Å². The summed E-state index contributed by atoms with van der Waals surface area (Å²) in [5.41, 5.74) is -0.708. The van der Waals surface area contributed by atoms with Crippen LogP contribution in [-0.4, -0.2) is 70.5 Å². The van der Waals surface area contributed by atoms with E-state index in [1.165, 1.54) is 0 Å². The van der Waals surface area contributed by atoms with Gasteiger partial charge in [-0.2, -0.15) is 0 Å². The average molecular weight is 366 g/mol. The van der Waals surface area contributed by atoms with Crippen molar-refractivity contribution in [3.63, 3.8) is 0 Å². The maximum atomic E-state index is 9.25. The lowest BCUT2D eigenvalue weighted by Gasteiger charge is -2.20. The fourth-order valence-electron chi connectivity index (χ4n) is 0.541. The van der Waals surface area contributed by atoms with Gasteiger partial charge in [-0.3, -0.25) is 0 Å². The maximum Gasteiger partial charge on any atom is 0.327 e. The highest BCUT2D eigenvalue weighted by Gasteiger charge is 2.20. The van der Waals surface area contributed by atoms with Gasteiger partial charge in [0.1, 0.15) is 0 Å². The molecule has 0 rings (SSSR count). The van der Waals surface area contributed by atoms with Crippen molar-refractivity contribution >= 4 is 11.9 Å². The van der Waals surface area contributed by atoms with Gasteiger partial charge in [0, 0.05) is 30.8 Å². The first-order valence-corrected chi connectivity index (χ1v) is 7.75. The zero-order valence-corrected chi connectivity index (χ0v) is 15.5. The second-order valence-electron chi connectivity index (χ2n) is 4.98. The first-order chi connectivity index (χ1) is 11.6. The molecule has 8 heteroatoms. The number of ether oxygens (including phenoxy) is 1. The zero-order chi connectivity index (χ0) is 20.7. The second-order valence-corrected chi connectivity index (χ2v) is 4.98. The van der Waals surface area contributed by atoms with Crippen LogP contribution >= 0.6 is 0 Å². The van der Waals surface area contributed by atoms with Crippen LogP contribution < -0.4 is 0 Å². The van der Waals surface area contributed by atoms with E-state index in [9.17, 15) is 9.59 Å². The lowest BCUT2D eigenvalue weighted by Crippen LogP contribution is -2.29. The van der Waals surface area contributed by atoms with Crippen molar-refractivity contribution in [3.8, 4) is 0 Å². The first kappa shape index (κ1) is 31.1. The average Bonchev–Trinajstić information content (AvgIpc) is 2.63. The molecule has 0 aliphatic heterocycles. The summed E-state index contributed by atoms with van der Waals surface area (Å²) in [6, 6.07) is 0. The normalized spacial score (nSPS) is 9.04. The number of aliphatic carboxylic acids is 2. The van der Waals surface area contributed by atoms with Crippen molar-refractivity contribution in [2.45, 2.75) is 33.6 Å². The number of hydrogen-bond donors (Lipinski definition) is 5. The molecule has 0 fully saturated rings. The molecule has 0 saturated heterocycles. The summed E-state index contributed by atoms with van der Waals surface area (Å²) in [6.07, 6.45) is 3.94. The smallest absolute Gasteiger partial charge is 0.327 e. The highest BCUT2D eigenvalue weighted by Crippen LogP contribution is 2.10. The monoisotopic (exact) mass is 366 g/mol. The molecular weight excluding hydrogens is 332 g/mol. The van der Waals surface area contributed by atoms with Crippen LogP contribution in [0.15, 0.2) is 25.3 Å². The van der Waals surface area contributed by atoms with Gasteiger partial charge in [-0.1, -0.05) is 33.9 Å². The minimum atomic E-state index is -0.981. The van der Waals surface area contributed by atoms with Gasteiger partial charge < -0.3 is 30.3 Å². The minimum Gasteiger partial charge on any atom is -0.478 e. The molecule has 0 atom stereocenters. The Bertz CT molecular complexity index is 294. The zero-order valence-electron chi connectivity index (χ0n) is 15.5. The van der Waals surface area contributed by atoms with Gasteiger partial charge in [-0.05, 0) is 12.8 Å². The molecule has 0 heterocycles. The minimum absolute atomic E-state index is 0.181. The molecule has 5 N–H and O–H groups in total. The molecular formula is C17H34O8. The molecule has 0 aliphatic carbocycles. The first-order valence-electron chi connectivity index (χ1n) is 7.75. The van der Waals surface area contributed by atoms with Gasteiger partial charge >= 0.3 is 11.9 Å². The summed E-state index contributed by atoms with van der Waals surface area (Å²) in [7, 11) is 0. The van der Waals surface area contributed by atoms with Crippen LogP contribution in [0.25, 0.3) is 0 Å². The molecule has 0 aliphatic rings. The van der Waals surface area contributed by atoms with Crippen molar-refractivity contribution in [1.82, 2.24) is 0 Å². The van der Waals surface area contributed by atoms with Crippen LogP contribution in [0.2, 0.25) is 0 Å². The third kappa shape index (κ3) is 39.2. The van der Waals surface area contributed by atoms with E-state index < -0.39 is 17.4 Å². The summed E-state index contributed by atoms with van der Waals surface area (Å²) in [4.78, 5) is 18.5. The van der Waals surface area contributed by atoms with Gasteiger partial charge in [0.25, 0.3) is 0 Å². The molecule has 0 bridgehead atoms. The van der Waals surface area contributed by atoms with Crippen LogP contribution in [0.4, 0.5) is 0 Å². The topological polar surface area (TPSA) is 145 Å². The molecule has 0 aromatic carbocycles. The Morgan fingerprint density at radius 3 is 1.20 bits per heavy atom. The lowest BCUT2D eigenvalue weighted by atomic mass is 9.95. The maximum absolute atomic E-state index is 9.25. The number of hydrogen-bond acceptors (Lipinski definition) is 6. The van der Waals surface area contributed by atoms with E-state index in [1.807, 2.05) is 0 Å². The molecule has 0 aromatic rings. The Hall–Kier alpha value is -1.74. The van der Waals surface area contributed by atoms with Crippen LogP contribution in [-0.2, 0) is 14.3 Å². The summed E-state index contributed by atoms with van der Waals surface area (Å²) in [6.45, 7) is 13.1. The van der Waals surface area contributed by atoms with Crippen molar-refractivity contribution in [1.29, 1.82) is 0 Å². The number of carbonyl (C=O) groups is 2. The van der Waals surface area contributed by atoms with Gasteiger partial charge in [0.2, 0.25) is 0 Å². The third-order valence-electron chi connectivity index (χ3n) is 2.19. The van der Waals surface area contributed by atoms with Crippen molar-refractivity contribution in [2.75, 3.05) is 33.0 Å². The van der Waals surface area contributed by atoms with E-state index >= 15 is 0 Å². The second kappa shape index (κ2) is 24.5. The molecule has 150 valence electrons. The third-order valence-corrected chi connectivity index (χ3v) is 2.19. The Morgan fingerprint density at radius 2 is 1.12 bits per heavy atom. The van der Waals surface area contributed by atoms with Crippen LogP contribution in [0.5, 0.6) is 0 Å². The quantitative estimate of drug-likeness (QED) is 0.303. The van der Waals surface area contributed by atoms with Gasteiger partial charge in [-0.25, -0.2) is 9.59 Å². The van der Waals surface area contributed by atoms with Crippen LogP contribution in [0.3, 0.4) is 0 Å².